The zero-order chi connectivity index (χ0) is 13.1. The van der Waals surface area contributed by atoms with Crippen molar-refractivity contribution in [3.63, 3.8) is 0 Å². The molecule has 1 saturated carbocycles. The van der Waals surface area contributed by atoms with Crippen LogP contribution < -0.4 is 16.8 Å². The number of nitrogens with two attached hydrogens (primary N) is 2. The summed E-state index contributed by atoms with van der Waals surface area (Å²) in [5, 5.41) is 11.0. The normalized spacial score (nSPS) is 18.9. The monoisotopic (exact) mass is 243 g/mol. The van der Waals surface area contributed by atoms with Crippen molar-refractivity contribution < 1.29 is 19.5 Å². The number of primary amides is 1. The summed E-state index contributed by atoms with van der Waals surface area (Å²) in [5.74, 6) is -2.51. The molecule has 1 rings (SSSR count). The van der Waals surface area contributed by atoms with E-state index in [9.17, 15) is 14.4 Å². The molecule has 0 aromatic rings. The van der Waals surface area contributed by atoms with E-state index < -0.39 is 35.8 Å². The Morgan fingerprint density at radius 2 is 1.94 bits per heavy atom. The van der Waals surface area contributed by atoms with E-state index in [1.165, 1.54) is 0 Å². The van der Waals surface area contributed by atoms with Crippen LogP contribution in [0.3, 0.4) is 0 Å². The number of rotatable bonds is 6. The molecule has 0 spiro atoms. The molecular weight excluding hydrogens is 226 g/mol. The number of carbonyl (C=O) groups is 3. The maximum atomic E-state index is 11.5. The minimum Gasteiger partial charge on any atom is -0.480 e. The predicted molar refractivity (Wildman–Crippen MR) is 58.8 cm³/mol. The smallest absolute Gasteiger partial charge is 0.326 e. The molecule has 0 heterocycles. The van der Waals surface area contributed by atoms with Crippen LogP contribution in [0.1, 0.15) is 32.1 Å². The highest BCUT2D eigenvalue weighted by atomic mass is 16.4. The van der Waals surface area contributed by atoms with Gasteiger partial charge in [0.25, 0.3) is 0 Å². The SMILES string of the molecule is NC(=O)C[C@H](NC(=O)CC1(N)CCC1)C(=O)O. The van der Waals surface area contributed by atoms with Crippen molar-refractivity contribution in [1.29, 1.82) is 0 Å². The lowest BCUT2D eigenvalue weighted by atomic mass is 9.75. The van der Waals surface area contributed by atoms with Crippen molar-refractivity contribution in [2.24, 2.45) is 11.5 Å². The lowest BCUT2D eigenvalue weighted by Crippen LogP contribution is -2.52. The average Bonchev–Trinajstić information content (AvgIpc) is 2.13. The minimum absolute atomic E-state index is 0.0789. The molecule has 17 heavy (non-hydrogen) atoms. The van der Waals surface area contributed by atoms with Gasteiger partial charge in [-0.2, -0.15) is 0 Å². The number of amides is 2. The lowest BCUT2D eigenvalue weighted by molar-refractivity contribution is -0.143. The molecular formula is C10H17N3O4. The molecule has 1 aliphatic rings. The summed E-state index contributed by atoms with van der Waals surface area (Å²) in [6, 6.07) is -1.27. The second-order valence-corrected chi connectivity index (χ2v) is 4.52. The van der Waals surface area contributed by atoms with Crippen LogP contribution in [-0.2, 0) is 14.4 Å². The van der Waals surface area contributed by atoms with Gasteiger partial charge in [-0.05, 0) is 19.3 Å². The Bertz CT molecular complexity index is 338. The summed E-state index contributed by atoms with van der Waals surface area (Å²) in [4.78, 5) is 32.9. The molecule has 1 atom stereocenters. The molecule has 2 amide bonds. The van der Waals surface area contributed by atoms with E-state index in [-0.39, 0.29) is 6.42 Å². The Kier molecular flexibility index (Phi) is 4.06. The third-order valence-corrected chi connectivity index (χ3v) is 2.90. The van der Waals surface area contributed by atoms with E-state index in [2.05, 4.69) is 5.32 Å². The van der Waals surface area contributed by atoms with Crippen LogP contribution in [0, 0.1) is 0 Å². The van der Waals surface area contributed by atoms with E-state index in [1.54, 1.807) is 0 Å². The Morgan fingerprint density at radius 1 is 1.35 bits per heavy atom. The third kappa shape index (κ3) is 4.03. The number of carboxylic acid groups (broad SMARTS) is 1. The quantitative estimate of drug-likeness (QED) is 0.460. The van der Waals surface area contributed by atoms with E-state index in [4.69, 9.17) is 16.6 Å². The molecule has 0 radical (unpaired) electrons. The van der Waals surface area contributed by atoms with Crippen molar-refractivity contribution in [2.45, 2.75) is 43.7 Å². The van der Waals surface area contributed by atoms with E-state index in [0.29, 0.717) is 0 Å². The average molecular weight is 243 g/mol. The standard InChI is InChI=1S/C10H17N3O4/c11-7(14)4-6(9(16)17)13-8(15)5-10(12)2-1-3-10/h6H,1-5,12H2,(H2,11,14)(H,13,15)(H,16,17)/t6-/m0/s1. The largest absolute Gasteiger partial charge is 0.480 e. The Morgan fingerprint density at radius 3 is 2.29 bits per heavy atom. The van der Waals surface area contributed by atoms with Gasteiger partial charge >= 0.3 is 5.97 Å². The Labute approximate surface area is 98.5 Å². The number of aliphatic carboxylic acids is 1. The highest BCUT2D eigenvalue weighted by Gasteiger charge is 2.35. The predicted octanol–water partition coefficient (Wildman–Crippen LogP) is -1.30. The third-order valence-electron chi connectivity index (χ3n) is 2.90. The van der Waals surface area contributed by atoms with Crippen molar-refractivity contribution >= 4 is 17.8 Å². The molecule has 7 nitrogen and oxygen atoms in total. The van der Waals surface area contributed by atoms with E-state index in [0.717, 1.165) is 19.3 Å². The summed E-state index contributed by atoms with van der Waals surface area (Å²) in [5.41, 5.74) is 10.2. The van der Waals surface area contributed by atoms with Gasteiger partial charge in [-0.25, -0.2) is 4.79 Å². The maximum Gasteiger partial charge on any atom is 0.326 e. The molecule has 0 unspecified atom stereocenters. The highest BCUT2D eigenvalue weighted by molar-refractivity contribution is 5.88. The fraction of sp³-hybridized carbons (Fsp3) is 0.700. The summed E-state index contributed by atoms with van der Waals surface area (Å²) in [7, 11) is 0. The van der Waals surface area contributed by atoms with Crippen molar-refractivity contribution in [3.05, 3.63) is 0 Å². The zero-order valence-electron chi connectivity index (χ0n) is 9.44. The van der Waals surface area contributed by atoms with Gasteiger partial charge in [0.1, 0.15) is 6.04 Å². The Balaban J connectivity index is 2.46. The summed E-state index contributed by atoms with van der Waals surface area (Å²) < 4.78 is 0. The van der Waals surface area contributed by atoms with Gasteiger partial charge in [0.05, 0.1) is 6.42 Å². The number of carboxylic acids is 1. The molecule has 0 aromatic carbocycles. The van der Waals surface area contributed by atoms with Gasteiger partial charge in [-0.3, -0.25) is 9.59 Å². The van der Waals surface area contributed by atoms with Crippen LogP contribution >= 0.6 is 0 Å². The van der Waals surface area contributed by atoms with Gasteiger partial charge < -0.3 is 21.9 Å². The van der Waals surface area contributed by atoms with Crippen LogP contribution in [0.15, 0.2) is 0 Å². The fourth-order valence-electron chi connectivity index (χ4n) is 1.77. The van der Waals surface area contributed by atoms with Crippen molar-refractivity contribution in [2.75, 3.05) is 0 Å². The maximum absolute atomic E-state index is 11.5. The molecule has 1 fully saturated rings. The van der Waals surface area contributed by atoms with Gasteiger partial charge in [0.2, 0.25) is 11.8 Å². The molecule has 0 aliphatic heterocycles. The second kappa shape index (κ2) is 5.13. The van der Waals surface area contributed by atoms with Gasteiger partial charge in [0, 0.05) is 12.0 Å². The molecule has 0 aromatic heterocycles. The van der Waals surface area contributed by atoms with Crippen LogP contribution in [0.5, 0.6) is 0 Å². The summed E-state index contributed by atoms with van der Waals surface area (Å²) in [6.07, 6.45) is 2.16. The zero-order valence-corrected chi connectivity index (χ0v) is 9.44. The minimum atomic E-state index is -1.28. The molecule has 0 bridgehead atoms. The summed E-state index contributed by atoms with van der Waals surface area (Å²) >= 11 is 0. The topological polar surface area (TPSA) is 136 Å². The first-order valence-electron chi connectivity index (χ1n) is 5.42. The number of hydrogen-bond donors (Lipinski definition) is 4. The molecule has 1 aliphatic carbocycles. The van der Waals surface area contributed by atoms with Crippen LogP contribution in [0.4, 0.5) is 0 Å². The van der Waals surface area contributed by atoms with Crippen LogP contribution in [0.25, 0.3) is 0 Å². The molecule has 7 heteroatoms. The summed E-state index contributed by atoms with van der Waals surface area (Å²) in [6.45, 7) is 0. The van der Waals surface area contributed by atoms with E-state index in [1.807, 2.05) is 0 Å². The number of nitrogens with one attached hydrogen (secondary N) is 1. The number of carbonyl (C=O) groups excluding carboxylic acids is 2. The molecule has 0 saturated heterocycles. The highest BCUT2D eigenvalue weighted by Crippen LogP contribution is 2.31. The first-order valence-corrected chi connectivity index (χ1v) is 5.42. The fourth-order valence-corrected chi connectivity index (χ4v) is 1.77. The van der Waals surface area contributed by atoms with Crippen molar-refractivity contribution in [3.8, 4) is 0 Å². The molecule has 96 valence electrons. The van der Waals surface area contributed by atoms with Crippen molar-refractivity contribution in [1.82, 2.24) is 5.32 Å². The van der Waals surface area contributed by atoms with Gasteiger partial charge in [0.15, 0.2) is 0 Å². The van der Waals surface area contributed by atoms with Gasteiger partial charge in [-0.15, -0.1) is 0 Å². The van der Waals surface area contributed by atoms with Crippen LogP contribution in [0.2, 0.25) is 0 Å². The molecule has 6 N–H and O–H groups in total. The van der Waals surface area contributed by atoms with Gasteiger partial charge in [-0.1, -0.05) is 0 Å². The number of hydrogen-bond acceptors (Lipinski definition) is 4. The second-order valence-electron chi connectivity index (χ2n) is 4.52. The first-order chi connectivity index (χ1) is 7.82. The van der Waals surface area contributed by atoms with E-state index >= 15 is 0 Å². The first kappa shape index (κ1) is 13.4. The Hall–Kier alpha value is -1.63. The van der Waals surface area contributed by atoms with Crippen LogP contribution in [-0.4, -0.2) is 34.5 Å². The lowest BCUT2D eigenvalue weighted by Gasteiger charge is -2.37.